The van der Waals surface area contributed by atoms with Crippen molar-refractivity contribution in [1.29, 1.82) is 0 Å². The molecule has 1 amide bonds. The molecule has 2 aliphatic rings. The molecule has 8 nitrogen and oxygen atoms in total. The third kappa shape index (κ3) is 3.14. The maximum absolute atomic E-state index is 12.7. The van der Waals surface area contributed by atoms with Gasteiger partial charge in [0.05, 0.1) is 27.3 Å². The van der Waals surface area contributed by atoms with E-state index in [2.05, 4.69) is 0 Å². The second-order valence-electron chi connectivity index (χ2n) is 6.13. The number of hydrogen-bond acceptors (Lipinski definition) is 6. The number of β-amino-alcohol motifs (C(OH)–C–C–N with tert-alkyl or cyclic N) is 1. The van der Waals surface area contributed by atoms with E-state index < -0.39 is 24.3 Å². The molecule has 25 heavy (non-hydrogen) atoms. The summed E-state index contributed by atoms with van der Waals surface area (Å²) in [5.41, 5.74) is 1.29. The zero-order valence-corrected chi connectivity index (χ0v) is 14.1. The van der Waals surface area contributed by atoms with E-state index >= 15 is 0 Å². The average Bonchev–Trinajstić information content (AvgIpc) is 3.10. The van der Waals surface area contributed by atoms with E-state index in [4.69, 9.17) is 19.3 Å². The number of benzene rings is 1. The molecule has 2 heterocycles. The zero-order chi connectivity index (χ0) is 18.1. The number of carbonyl (C=O) groups is 2. The fraction of sp³-hybridized carbons (Fsp3) is 0.529. The van der Waals surface area contributed by atoms with Gasteiger partial charge in [0.2, 0.25) is 0 Å². The highest BCUT2D eigenvalue weighted by Crippen LogP contribution is 2.39. The maximum Gasteiger partial charge on any atom is 0.332 e. The first-order valence-corrected chi connectivity index (χ1v) is 8.05. The number of hydrogen-bond donors (Lipinski definition) is 2. The van der Waals surface area contributed by atoms with Crippen LogP contribution in [0.5, 0.6) is 11.5 Å². The van der Waals surface area contributed by atoms with Crippen LogP contribution in [0.4, 0.5) is 0 Å². The van der Waals surface area contributed by atoms with Crippen molar-refractivity contribution in [3.63, 3.8) is 0 Å². The molecule has 8 heteroatoms. The lowest BCUT2D eigenvalue weighted by Crippen LogP contribution is -2.44. The van der Waals surface area contributed by atoms with Crippen LogP contribution in [0.15, 0.2) is 12.1 Å². The van der Waals surface area contributed by atoms with Gasteiger partial charge in [0.25, 0.3) is 5.91 Å². The molecule has 0 aromatic heterocycles. The van der Waals surface area contributed by atoms with Crippen LogP contribution in [0.25, 0.3) is 0 Å². The molecule has 0 aliphatic carbocycles. The lowest BCUT2D eigenvalue weighted by atomic mass is 9.94. The van der Waals surface area contributed by atoms with Crippen molar-refractivity contribution in [3.05, 3.63) is 23.3 Å². The Hall–Kier alpha value is -2.32. The fourth-order valence-electron chi connectivity index (χ4n) is 3.45. The van der Waals surface area contributed by atoms with Gasteiger partial charge in [-0.25, -0.2) is 4.79 Å². The highest BCUT2D eigenvalue weighted by molar-refractivity contribution is 5.83. The summed E-state index contributed by atoms with van der Waals surface area (Å²) >= 11 is 0. The Kier molecular flexibility index (Phi) is 4.82. The number of carboxylic acid groups (broad SMARTS) is 1. The summed E-state index contributed by atoms with van der Waals surface area (Å²) in [6.45, 7) is 0.330. The van der Waals surface area contributed by atoms with Gasteiger partial charge in [0, 0.05) is 11.1 Å². The molecule has 2 aliphatic heterocycles. The molecular formula is C17H21NO7. The Balaban J connectivity index is 1.84. The Bertz CT molecular complexity index is 690. The molecular weight excluding hydrogens is 330 g/mol. The number of aliphatic carboxylic acids is 1. The largest absolute Gasteiger partial charge is 0.496 e. The van der Waals surface area contributed by atoms with Gasteiger partial charge in [-0.05, 0) is 25.0 Å². The van der Waals surface area contributed by atoms with Crippen molar-refractivity contribution >= 4 is 11.9 Å². The summed E-state index contributed by atoms with van der Waals surface area (Å²) < 4.78 is 16.0. The minimum absolute atomic E-state index is 0.0902. The van der Waals surface area contributed by atoms with Crippen molar-refractivity contribution < 1.29 is 34.0 Å². The number of amides is 1. The first-order valence-electron chi connectivity index (χ1n) is 8.05. The number of carboxylic acids is 1. The van der Waals surface area contributed by atoms with Gasteiger partial charge in [0.1, 0.15) is 23.7 Å². The monoisotopic (exact) mass is 351 g/mol. The third-order valence-electron chi connectivity index (χ3n) is 4.67. The van der Waals surface area contributed by atoms with Crippen LogP contribution in [-0.2, 0) is 20.9 Å². The van der Waals surface area contributed by atoms with E-state index in [1.807, 2.05) is 0 Å². The Morgan fingerprint density at radius 2 is 1.80 bits per heavy atom. The van der Waals surface area contributed by atoms with E-state index in [9.17, 15) is 14.7 Å². The highest BCUT2D eigenvalue weighted by Gasteiger charge is 2.39. The number of methoxy groups -OCH3 is 2. The first kappa shape index (κ1) is 17.5. The van der Waals surface area contributed by atoms with Crippen molar-refractivity contribution in [1.82, 2.24) is 4.90 Å². The molecule has 136 valence electrons. The number of aliphatic hydroxyl groups excluding tert-OH is 1. The number of carbonyl (C=O) groups excluding carboxylic acids is 1. The molecule has 0 radical (unpaired) electrons. The molecule has 3 atom stereocenters. The van der Waals surface area contributed by atoms with Gasteiger partial charge in [0.15, 0.2) is 6.10 Å². The lowest BCUT2D eigenvalue weighted by molar-refractivity contribution is -0.156. The predicted octanol–water partition coefficient (Wildman–Crippen LogP) is 0.712. The van der Waals surface area contributed by atoms with Gasteiger partial charge < -0.3 is 29.3 Å². The van der Waals surface area contributed by atoms with E-state index in [1.165, 1.54) is 19.1 Å². The second kappa shape index (κ2) is 6.89. The summed E-state index contributed by atoms with van der Waals surface area (Å²) in [7, 11) is 3.04. The summed E-state index contributed by atoms with van der Waals surface area (Å²) in [5.74, 6) is -0.286. The lowest BCUT2D eigenvalue weighted by Gasteiger charge is -2.35. The minimum atomic E-state index is -1.06. The van der Waals surface area contributed by atoms with Crippen molar-refractivity contribution in [2.45, 2.75) is 37.7 Å². The van der Waals surface area contributed by atoms with Crippen LogP contribution >= 0.6 is 0 Å². The van der Waals surface area contributed by atoms with Crippen molar-refractivity contribution in [2.75, 3.05) is 20.8 Å². The van der Waals surface area contributed by atoms with Crippen LogP contribution in [0.3, 0.4) is 0 Å². The molecule has 2 N–H and O–H groups in total. The normalized spacial score (nSPS) is 25.4. The van der Waals surface area contributed by atoms with Gasteiger partial charge in [-0.2, -0.15) is 0 Å². The zero-order valence-electron chi connectivity index (χ0n) is 14.1. The van der Waals surface area contributed by atoms with Crippen molar-refractivity contribution in [2.24, 2.45) is 0 Å². The van der Waals surface area contributed by atoms with Crippen LogP contribution in [0.2, 0.25) is 0 Å². The van der Waals surface area contributed by atoms with E-state index in [0.29, 0.717) is 35.5 Å². The number of fused-ring (bicyclic) bond motifs is 1. The SMILES string of the molecule is COc1ccc(OC)c2c1CN(C(=O)[C@@H]1CC[C@H](C(=O)O)O1)CC2O. The average molecular weight is 351 g/mol. The van der Waals surface area contributed by atoms with Crippen LogP contribution in [0.1, 0.15) is 30.1 Å². The van der Waals surface area contributed by atoms with E-state index in [-0.39, 0.29) is 19.0 Å². The quantitative estimate of drug-likeness (QED) is 0.823. The third-order valence-corrected chi connectivity index (χ3v) is 4.67. The van der Waals surface area contributed by atoms with Crippen LogP contribution in [-0.4, -0.2) is 60.0 Å². The Labute approximate surface area is 144 Å². The first-order chi connectivity index (χ1) is 12.0. The number of nitrogens with zero attached hydrogens (tertiary/aromatic N) is 1. The van der Waals surface area contributed by atoms with Gasteiger partial charge in [-0.1, -0.05) is 0 Å². The number of aliphatic hydroxyl groups is 1. The van der Waals surface area contributed by atoms with Crippen LogP contribution < -0.4 is 9.47 Å². The molecule has 1 aromatic rings. The van der Waals surface area contributed by atoms with Gasteiger partial charge >= 0.3 is 5.97 Å². The Morgan fingerprint density at radius 3 is 2.40 bits per heavy atom. The van der Waals surface area contributed by atoms with Gasteiger partial charge in [-0.3, -0.25) is 4.79 Å². The summed E-state index contributed by atoms with van der Waals surface area (Å²) in [6.07, 6.45) is -2.02. The fourth-order valence-corrected chi connectivity index (χ4v) is 3.45. The van der Waals surface area contributed by atoms with Crippen LogP contribution in [0, 0.1) is 0 Å². The molecule has 1 aromatic carbocycles. The molecule has 1 unspecified atom stereocenters. The Morgan fingerprint density at radius 1 is 1.16 bits per heavy atom. The molecule has 3 rings (SSSR count). The van der Waals surface area contributed by atoms with E-state index in [0.717, 1.165) is 0 Å². The molecule has 1 saturated heterocycles. The standard InChI is InChI=1S/C17H21NO7/c1-23-11-3-4-12(24-2)15-9(11)7-18(8-10(15)19)16(20)13-5-6-14(25-13)17(21)22/h3-4,10,13-14,19H,5-8H2,1-2H3,(H,21,22)/t10?,13-,14+/m0/s1. The second-order valence-corrected chi connectivity index (χ2v) is 6.13. The highest BCUT2D eigenvalue weighted by atomic mass is 16.5. The number of rotatable bonds is 4. The van der Waals surface area contributed by atoms with Gasteiger partial charge in [-0.15, -0.1) is 0 Å². The minimum Gasteiger partial charge on any atom is -0.496 e. The topological polar surface area (TPSA) is 106 Å². The molecule has 1 fully saturated rings. The summed E-state index contributed by atoms with van der Waals surface area (Å²) in [6, 6.07) is 3.45. The predicted molar refractivity (Wildman–Crippen MR) is 85.5 cm³/mol. The molecule has 0 saturated carbocycles. The summed E-state index contributed by atoms with van der Waals surface area (Å²) in [4.78, 5) is 25.2. The maximum atomic E-state index is 12.7. The summed E-state index contributed by atoms with van der Waals surface area (Å²) in [5, 5.41) is 19.5. The van der Waals surface area contributed by atoms with Crippen molar-refractivity contribution in [3.8, 4) is 11.5 Å². The molecule has 0 spiro atoms. The van der Waals surface area contributed by atoms with E-state index in [1.54, 1.807) is 12.1 Å². The smallest absolute Gasteiger partial charge is 0.332 e. The number of ether oxygens (including phenoxy) is 3. The molecule has 0 bridgehead atoms.